The fraction of sp³-hybridized carbons (Fsp3) is 0.160. The molecule has 1 heterocycles. The fourth-order valence-electron chi connectivity index (χ4n) is 3.48. The highest BCUT2D eigenvalue weighted by Crippen LogP contribution is 2.38. The van der Waals surface area contributed by atoms with Gasteiger partial charge in [-0.1, -0.05) is 48.0 Å². The maximum Gasteiger partial charge on any atom is 0.417 e. The smallest absolute Gasteiger partial charge is 0.384 e. The molecule has 1 N–H and O–H groups in total. The van der Waals surface area contributed by atoms with E-state index in [1.807, 2.05) is 0 Å². The van der Waals surface area contributed by atoms with Crippen LogP contribution in [-0.2, 0) is 11.8 Å². The molecular formula is C25H19ClF4N2O. The molecule has 0 spiro atoms. The first-order valence-corrected chi connectivity index (χ1v) is 10.4. The molecule has 4 aromatic rings. The minimum Gasteiger partial charge on any atom is -0.384 e. The van der Waals surface area contributed by atoms with Crippen LogP contribution < -0.4 is 0 Å². The first kappa shape index (κ1) is 23.0. The highest BCUT2D eigenvalue weighted by atomic mass is 35.5. The van der Waals surface area contributed by atoms with Crippen LogP contribution in [0, 0.1) is 5.82 Å². The summed E-state index contributed by atoms with van der Waals surface area (Å²) in [6.07, 6.45) is -3.06. The zero-order valence-electron chi connectivity index (χ0n) is 17.7. The molecule has 0 fully saturated rings. The Morgan fingerprint density at radius 2 is 1.55 bits per heavy atom. The molecule has 0 amide bonds. The highest BCUT2D eigenvalue weighted by molar-refractivity contribution is 6.31. The third-order valence-electron chi connectivity index (χ3n) is 5.20. The fourth-order valence-corrected chi connectivity index (χ4v) is 3.66. The van der Waals surface area contributed by atoms with Crippen LogP contribution in [-0.4, -0.2) is 14.7 Å². The number of aromatic nitrogens is 2. The van der Waals surface area contributed by atoms with Crippen LogP contribution in [0.1, 0.15) is 25.1 Å². The van der Waals surface area contributed by atoms with Gasteiger partial charge in [-0.25, -0.2) is 9.37 Å². The largest absolute Gasteiger partial charge is 0.417 e. The summed E-state index contributed by atoms with van der Waals surface area (Å²) in [4.78, 5) is 4.36. The van der Waals surface area contributed by atoms with E-state index in [1.54, 1.807) is 30.3 Å². The molecule has 0 unspecified atom stereocenters. The summed E-state index contributed by atoms with van der Waals surface area (Å²) in [5, 5.41) is 10.4. The Bertz CT molecular complexity index is 1310. The number of rotatable bonds is 4. The number of imidazole rings is 1. The van der Waals surface area contributed by atoms with Crippen molar-refractivity contribution in [1.82, 2.24) is 9.55 Å². The van der Waals surface area contributed by atoms with Gasteiger partial charge in [0, 0.05) is 17.4 Å². The number of nitrogens with zero attached hydrogens (tertiary/aromatic N) is 2. The summed E-state index contributed by atoms with van der Waals surface area (Å²) in [5.41, 5.74) is -0.0747. The molecule has 170 valence electrons. The van der Waals surface area contributed by atoms with E-state index in [0.717, 1.165) is 11.6 Å². The molecule has 0 atom stereocenters. The summed E-state index contributed by atoms with van der Waals surface area (Å²) >= 11 is 5.87. The van der Waals surface area contributed by atoms with E-state index in [0.29, 0.717) is 11.3 Å². The lowest BCUT2D eigenvalue weighted by Crippen LogP contribution is -2.15. The molecule has 33 heavy (non-hydrogen) atoms. The quantitative estimate of drug-likeness (QED) is 0.316. The second-order valence-electron chi connectivity index (χ2n) is 8.10. The lowest BCUT2D eigenvalue weighted by molar-refractivity contribution is -0.137. The van der Waals surface area contributed by atoms with Gasteiger partial charge in [-0.05, 0) is 55.3 Å². The second kappa shape index (κ2) is 8.32. The van der Waals surface area contributed by atoms with Crippen LogP contribution in [0.4, 0.5) is 17.6 Å². The maximum atomic E-state index is 13.7. The van der Waals surface area contributed by atoms with Crippen LogP contribution in [0.5, 0.6) is 0 Å². The first-order valence-electron chi connectivity index (χ1n) is 10.00. The van der Waals surface area contributed by atoms with E-state index in [-0.39, 0.29) is 22.1 Å². The number of hydrogen-bond donors (Lipinski definition) is 1. The molecule has 8 heteroatoms. The van der Waals surface area contributed by atoms with Crippen LogP contribution in [0.25, 0.3) is 28.2 Å². The van der Waals surface area contributed by atoms with Crippen LogP contribution in [0.3, 0.4) is 0 Å². The monoisotopic (exact) mass is 474 g/mol. The standard InChI is InChI=1S/C25H19ClF4N2O/c1-24(2,33)22-14-32(23(31-22)18-5-3-4-6-19(18)25(28,29)30)17-10-7-15(8-11-17)16-9-12-21(27)20(26)13-16/h3-14,33H,1-2H3. The van der Waals surface area contributed by atoms with Gasteiger partial charge in [0.2, 0.25) is 0 Å². The zero-order chi connectivity index (χ0) is 24.0. The van der Waals surface area contributed by atoms with Gasteiger partial charge in [0.25, 0.3) is 0 Å². The van der Waals surface area contributed by atoms with Crippen molar-refractivity contribution in [2.75, 3.05) is 0 Å². The van der Waals surface area contributed by atoms with Crippen molar-refractivity contribution in [3.63, 3.8) is 0 Å². The molecule has 3 aromatic carbocycles. The Morgan fingerprint density at radius 3 is 2.15 bits per heavy atom. The predicted molar refractivity (Wildman–Crippen MR) is 120 cm³/mol. The molecule has 1 aromatic heterocycles. The third kappa shape index (κ3) is 4.65. The summed E-state index contributed by atoms with van der Waals surface area (Å²) in [6.45, 7) is 3.03. The van der Waals surface area contributed by atoms with Gasteiger partial charge in [0.15, 0.2) is 0 Å². The van der Waals surface area contributed by atoms with E-state index in [2.05, 4.69) is 4.98 Å². The van der Waals surface area contributed by atoms with Crippen molar-refractivity contribution in [2.45, 2.75) is 25.6 Å². The first-order chi connectivity index (χ1) is 15.4. The predicted octanol–water partition coefficient (Wildman–Crippen LogP) is 7.25. The Morgan fingerprint density at radius 1 is 0.909 bits per heavy atom. The van der Waals surface area contributed by atoms with Gasteiger partial charge in [-0.2, -0.15) is 13.2 Å². The average molecular weight is 475 g/mol. The topological polar surface area (TPSA) is 38.0 Å². The van der Waals surface area contributed by atoms with Gasteiger partial charge in [0.1, 0.15) is 17.2 Å². The summed E-state index contributed by atoms with van der Waals surface area (Å²) in [6, 6.07) is 16.5. The van der Waals surface area contributed by atoms with Crippen LogP contribution in [0.2, 0.25) is 5.02 Å². The van der Waals surface area contributed by atoms with Crippen LogP contribution >= 0.6 is 11.6 Å². The van der Waals surface area contributed by atoms with Crippen molar-refractivity contribution >= 4 is 11.6 Å². The van der Waals surface area contributed by atoms with Gasteiger partial charge >= 0.3 is 6.18 Å². The van der Waals surface area contributed by atoms with Crippen molar-refractivity contribution in [3.05, 3.63) is 95.0 Å². The number of hydrogen-bond acceptors (Lipinski definition) is 2. The molecule has 0 radical (unpaired) electrons. The van der Waals surface area contributed by atoms with Gasteiger partial charge in [-0.3, -0.25) is 4.57 Å². The lowest BCUT2D eigenvalue weighted by Gasteiger charge is -2.14. The SMILES string of the molecule is CC(C)(O)c1cn(-c2ccc(-c3ccc(F)c(Cl)c3)cc2)c(-c2ccccc2C(F)(F)F)n1. The average Bonchev–Trinajstić information content (AvgIpc) is 3.21. The Hall–Kier alpha value is -3.16. The van der Waals surface area contributed by atoms with E-state index >= 15 is 0 Å². The molecule has 3 nitrogen and oxygen atoms in total. The van der Waals surface area contributed by atoms with Gasteiger partial charge in [-0.15, -0.1) is 0 Å². The number of halogens is 5. The van der Waals surface area contributed by atoms with Crippen molar-refractivity contribution in [2.24, 2.45) is 0 Å². The maximum absolute atomic E-state index is 13.7. The molecular weight excluding hydrogens is 456 g/mol. The summed E-state index contributed by atoms with van der Waals surface area (Å²) in [7, 11) is 0. The number of aliphatic hydroxyl groups is 1. The molecule has 0 aliphatic heterocycles. The summed E-state index contributed by atoms with van der Waals surface area (Å²) < 4.78 is 56.1. The minimum atomic E-state index is -4.58. The van der Waals surface area contributed by atoms with E-state index < -0.39 is 23.2 Å². The molecule has 0 aliphatic rings. The molecule has 0 aliphatic carbocycles. The lowest BCUT2D eigenvalue weighted by atomic mass is 10.0. The Labute approximate surface area is 192 Å². The Balaban J connectivity index is 1.85. The van der Waals surface area contributed by atoms with Crippen LogP contribution in [0.15, 0.2) is 72.9 Å². The van der Waals surface area contributed by atoms with E-state index in [4.69, 9.17) is 11.6 Å². The van der Waals surface area contributed by atoms with Gasteiger partial charge in [0.05, 0.1) is 16.3 Å². The Kier molecular flexibility index (Phi) is 5.80. The highest BCUT2D eigenvalue weighted by Gasteiger charge is 2.35. The van der Waals surface area contributed by atoms with Crippen molar-refractivity contribution in [3.8, 4) is 28.2 Å². The zero-order valence-corrected chi connectivity index (χ0v) is 18.4. The van der Waals surface area contributed by atoms with Gasteiger partial charge < -0.3 is 5.11 Å². The molecule has 0 bridgehead atoms. The molecule has 0 saturated heterocycles. The summed E-state index contributed by atoms with van der Waals surface area (Å²) in [5.74, 6) is -0.472. The normalized spacial score (nSPS) is 12.2. The molecule has 4 rings (SSSR count). The number of alkyl halides is 3. The second-order valence-corrected chi connectivity index (χ2v) is 8.51. The molecule has 0 saturated carbocycles. The van der Waals surface area contributed by atoms with E-state index in [1.165, 1.54) is 54.9 Å². The number of benzene rings is 3. The minimum absolute atomic E-state index is 0.00736. The third-order valence-corrected chi connectivity index (χ3v) is 5.49. The van der Waals surface area contributed by atoms with Crippen molar-refractivity contribution in [1.29, 1.82) is 0 Å². The van der Waals surface area contributed by atoms with E-state index in [9.17, 15) is 22.7 Å². The van der Waals surface area contributed by atoms with Crippen molar-refractivity contribution < 1.29 is 22.7 Å².